The Bertz CT molecular complexity index is 456. The summed E-state index contributed by atoms with van der Waals surface area (Å²) in [5, 5.41) is 0.779. The molecule has 0 aliphatic carbocycles. The third kappa shape index (κ3) is 4.15. The second-order valence-electron chi connectivity index (χ2n) is 4.06. The van der Waals surface area contributed by atoms with Crippen molar-refractivity contribution in [2.24, 2.45) is 0 Å². The lowest BCUT2D eigenvalue weighted by molar-refractivity contribution is 0.309. The predicted molar refractivity (Wildman–Crippen MR) is 77.1 cm³/mol. The molecule has 1 aromatic carbocycles. The van der Waals surface area contributed by atoms with E-state index in [1.165, 1.54) is 5.56 Å². The molecule has 0 amide bonds. The van der Waals surface area contributed by atoms with E-state index in [9.17, 15) is 0 Å². The molecule has 2 nitrogen and oxygen atoms in total. The Balaban J connectivity index is 1.72. The van der Waals surface area contributed by atoms with E-state index < -0.39 is 0 Å². The summed E-state index contributed by atoms with van der Waals surface area (Å²) in [7, 11) is 0. The van der Waals surface area contributed by atoms with E-state index >= 15 is 0 Å². The van der Waals surface area contributed by atoms with Crippen LogP contribution in [0, 0.1) is 0 Å². The Morgan fingerprint density at radius 3 is 2.56 bits per heavy atom. The number of pyridine rings is 1. The topological polar surface area (TPSA) is 22.1 Å². The summed E-state index contributed by atoms with van der Waals surface area (Å²) < 4.78 is 5.65. The molecule has 0 bridgehead atoms. The van der Waals surface area contributed by atoms with Gasteiger partial charge in [0.2, 0.25) is 0 Å². The van der Waals surface area contributed by atoms with Crippen LogP contribution in [0.1, 0.15) is 17.7 Å². The summed E-state index contributed by atoms with van der Waals surface area (Å²) in [6, 6.07) is 14.4. The maximum absolute atomic E-state index is 5.65. The highest BCUT2D eigenvalue weighted by Gasteiger charge is 1.96. The summed E-state index contributed by atoms with van der Waals surface area (Å²) in [6.45, 7) is 0.726. The maximum atomic E-state index is 5.65. The van der Waals surface area contributed by atoms with Gasteiger partial charge in [-0.3, -0.25) is 4.98 Å². The molecule has 0 saturated heterocycles. The van der Waals surface area contributed by atoms with Gasteiger partial charge in [0.05, 0.1) is 18.5 Å². The zero-order chi connectivity index (χ0) is 12.6. The number of aromatic nitrogens is 1. The first-order chi connectivity index (χ1) is 8.88. The van der Waals surface area contributed by atoms with Crippen LogP contribution in [-0.2, 0) is 11.8 Å². The van der Waals surface area contributed by atoms with E-state index in [0.29, 0.717) is 0 Å². The van der Waals surface area contributed by atoms with Crippen molar-refractivity contribution in [1.82, 2.24) is 4.98 Å². The molecule has 1 heterocycles. The largest absolute Gasteiger partial charge is 0.492 e. The zero-order valence-corrected chi connectivity index (χ0v) is 11.8. The van der Waals surface area contributed by atoms with Gasteiger partial charge in [0.25, 0.3) is 0 Å². The number of nitrogens with zero attached hydrogens (tertiary/aromatic N) is 1. The standard InChI is InChI=1S/C15H16BrNO/c16-11-14-8-9-15(12-17-14)18-10-4-7-13-5-2-1-3-6-13/h1-3,5-6,8-9,12H,4,7,10-11H2. The summed E-state index contributed by atoms with van der Waals surface area (Å²) >= 11 is 3.37. The first kappa shape index (κ1) is 13.1. The minimum absolute atomic E-state index is 0.726. The normalized spacial score (nSPS) is 10.3. The van der Waals surface area contributed by atoms with Crippen LogP contribution in [0.4, 0.5) is 0 Å². The summed E-state index contributed by atoms with van der Waals surface area (Å²) in [5.74, 6) is 0.841. The van der Waals surface area contributed by atoms with E-state index in [4.69, 9.17) is 4.74 Å². The van der Waals surface area contributed by atoms with Crippen LogP contribution in [0.15, 0.2) is 48.7 Å². The van der Waals surface area contributed by atoms with Gasteiger partial charge in [-0.25, -0.2) is 0 Å². The molecule has 94 valence electrons. The monoisotopic (exact) mass is 305 g/mol. The van der Waals surface area contributed by atoms with Crippen molar-refractivity contribution in [2.75, 3.05) is 6.61 Å². The quantitative estimate of drug-likeness (QED) is 0.595. The summed E-state index contributed by atoms with van der Waals surface area (Å²) in [4.78, 5) is 4.26. The van der Waals surface area contributed by atoms with Gasteiger partial charge in [-0.15, -0.1) is 0 Å². The number of rotatable bonds is 6. The third-order valence-corrected chi connectivity index (χ3v) is 3.23. The number of benzene rings is 1. The van der Waals surface area contributed by atoms with Crippen LogP contribution in [0.2, 0.25) is 0 Å². The maximum Gasteiger partial charge on any atom is 0.137 e. The lowest BCUT2D eigenvalue weighted by atomic mass is 10.1. The van der Waals surface area contributed by atoms with Crippen molar-refractivity contribution in [3.8, 4) is 5.75 Å². The van der Waals surface area contributed by atoms with E-state index in [0.717, 1.165) is 36.2 Å². The fourth-order valence-corrected chi connectivity index (χ4v) is 2.02. The summed E-state index contributed by atoms with van der Waals surface area (Å²) in [6.07, 6.45) is 3.84. The first-order valence-corrected chi connectivity index (χ1v) is 7.18. The van der Waals surface area contributed by atoms with Gasteiger partial charge in [-0.2, -0.15) is 0 Å². The number of aryl methyl sites for hydroxylation is 1. The third-order valence-electron chi connectivity index (χ3n) is 2.66. The van der Waals surface area contributed by atoms with E-state index in [1.807, 2.05) is 18.2 Å². The average molecular weight is 306 g/mol. The highest BCUT2D eigenvalue weighted by atomic mass is 79.9. The van der Waals surface area contributed by atoms with Gasteiger partial charge in [0.15, 0.2) is 0 Å². The Morgan fingerprint density at radius 1 is 1.06 bits per heavy atom. The number of alkyl halides is 1. The molecule has 0 aliphatic heterocycles. The van der Waals surface area contributed by atoms with Crippen LogP contribution in [0.5, 0.6) is 5.75 Å². The lowest BCUT2D eigenvalue weighted by Gasteiger charge is -2.06. The predicted octanol–water partition coefficient (Wildman–Crippen LogP) is 3.99. The van der Waals surface area contributed by atoms with Crippen LogP contribution >= 0.6 is 15.9 Å². The molecule has 0 fully saturated rings. The van der Waals surface area contributed by atoms with E-state index in [-0.39, 0.29) is 0 Å². The number of ether oxygens (including phenoxy) is 1. The fourth-order valence-electron chi connectivity index (χ4n) is 1.69. The van der Waals surface area contributed by atoms with Crippen molar-refractivity contribution < 1.29 is 4.74 Å². The van der Waals surface area contributed by atoms with Gasteiger partial charge in [0, 0.05) is 5.33 Å². The molecule has 2 rings (SSSR count). The van der Waals surface area contributed by atoms with Crippen molar-refractivity contribution in [3.63, 3.8) is 0 Å². The molecular weight excluding hydrogens is 290 g/mol. The molecule has 0 saturated carbocycles. The summed E-state index contributed by atoms with van der Waals surface area (Å²) in [5.41, 5.74) is 2.38. The Hall–Kier alpha value is -1.35. The molecule has 0 radical (unpaired) electrons. The van der Waals surface area contributed by atoms with Crippen LogP contribution in [0.3, 0.4) is 0 Å². The molecule has 3 heteroatoms. The Kier molecular flexibility index (Phi) is 5.21. The zero-order valence-electron chi connectivity index (χ0n) is 10.2. The van der Waals surface area contributed by atoms with E-state index in [2.05, 4.69) is 45.2 Å². The van der Waals surface area contributed by atoms with E-state index in [1.54, 1.807) is 6.20 Å². The molecule has 0 spiro atoms. The minimum atomic E-state index is 0.726. The number of hydrogen-bond donors (Lipinski definition) is 0. The van der Waals surface area contributed by atoms with Crippen molar-refractivity contribution in [1.29, 1.82) is 0 Å². The minimum Gasteiger partial charge on any atom is -0.492 e. The van der Waals surface area contributed by atoms with Crippen LogP contribution in [0.25, 0.3) is 0 Å². The Labute approximate surface area is 116 Å². The second kappa shape index (κ2) is 7.17. The smallest absolute Gasteiger partial charge is 0.137 e. The molecule has 0 N–H and O–H groups in total. The molecule has 2 aromatic rings. The molecule has 1 aromatic heterocycles. The average Bonchev–Trinajstić information content (AvgIpc) is 2.45. The highest BCUT2D eigenvalue weighted by Crippen LogP contribution is 2.11. The molecular formula is C15H16BrNO. The van der Waals surface area contributed by atoms with Gasteiger partial charge >= 0.3 is 0 Å². The van der Waals surface area contributed by atoms with Crippen LogP contribution < -0.4 is 4.74 Å². The second-order valence-corrected chi connectivity index (χ2v) is 4.62. The molecule has 0 unspecified atom stereocenters. The number of hydrogen-bond acceptors (Lipinski definition) is 2. The highest BCUT2D eigenvalue weighted by molar-refractivity contribution is 9.08. The van der Waals surface area contributed by atoms with Gasteiger partial charge in [-0.1, -0.05) is 46.3 Å². The van der Waals surface area contributed by atoms with Crippen molar-refractivity contribution in [3.05, 3.63) is 59.9 Å². The lowest BCUT2D eigenvalue weighted by Crippen LogP contribution is -2.00. The Morgan fingerprint density at radius 2 is 1.89 bits per heavy atom. The van der Waals surface area contributed by atoms with Gasteiger partial charge < -0.3 is 4.74 Å². The first-order valence-electron chi connectivity index (χ1n) is 6.06. The van der Waals surface area contributed by atoms with Crippen LogP contribution in [-0.4, -0.2) is 11.6 Å². The molecule has 18 heavy (non-hydrogen) atoms. The SMILES string of the molecule is BrCc1ccc(OCCCc2ccccc2)cn1. The van der Waals surface area contributed by atoms with Crippen molar-refractivity contribution >= 4 is 15.9 Å². The van der Waals surface area contributed by atoms with Gasteiger partial charge in [0.1, 0.15) is 5.75 Å². The van der Waals surface area contributed by atoms with Gasteiger partial charge in [-0.05, 0) is 30.5 Å². The molecule has 0 atom stereocenters. The number of halogens is 1. The molecule has 0 aliphatic rings. The van der Waals surface area contributed by atoms with Crippen molar-refractivity contribution in [2.45, 2.75) is 18.2 Å². The fraction of sp³-hybridized carbons (Fsp3) is 0.267.